The number of carboxylic acid groups (broad SMARTS) is 1. The van der Waals surface area contributed by atoms with Gasteiger partial charge in [0.2, 0.25) is 0 Å². The third-order valence-electron chi connectivity index (χ3n) is 5.21. The Bertz CT molecular complexity index is 1320. The van der Waals surface area contributed by atoms with Gasteiger partial charge in [-0.25, -0.2) is 14.2 Å². The zero-order valence-corrected chi connectivity index (χ0v) is 18.6. The van der Waals surface area contributed by atoms with Gasteiger partial charge in [0.15, 0.2) is 11.3 Å². The van der Waals surface area contributed by atoms with Gasteiger partial charge in [-0.2, -0.15) is 4.98 Å². The minimum atomic E-state index is -1.13. The highest BCUT2D eigenvalue weighted by Gasteiger charge is 2.18. The van der Waals surface area contributed by atoms with Crippen LogP contribution in [0.2, 0.25) is 0 Å². The Kier molecular flexibility index (Phi) is 6.20. The van der Waals surface area contributed by atoms with E-state index in [1.807, 2.05) is 18.2 Å². The molecular weight excluding hydrogens is 462 g/mol. The zero-order chi connectivity index (χ0) is 23.5. The Morgan fingerprint density at radius 1 is 1.15 bits per heavy atom. The molecule has 0 aliphatic carbocycles. The molecule has 1 fully saturated rings. The monoisotopic (exact) mass is 481 g/mol. The van der Waals surface area contributed by atoms with Crippen molar-refractivity contribution in [3.63, 3.8) is 0 Å². The Balaban J connectivity index is 1.31. The van der Waals surface area contributed by atoms with E-state index in [4.69, 9.17) is 35.5 Å². The second-order valence-corrected chi connectivity index (χ2v) is 7.97. The highest BCUT2D eigenvalue weighted by Crippen LogP contribution is 2.34. The summed E-state index contributed by atoms with van der Waals surface area (Å²) < 4.78 is 24.3. The highest BCUT2D eigenvalue weighted by molar-refractivity contribution is 6.28. The van der Waals surface area contributed by atoms with Crippen LogP contribution in [-0.2, 0) is 4.74 Å². The van der Waals surface area contributed by atoms with Crippen LogP contribution in [-0.4, -0.2) is 40.4 Å². The van der Waals surface area contributed by atoms with Gasteiger partial charge < -0.3 is 23.7 Å². The molecule has 0 radical (unpaired) electrons. The molecule has 1 unspecified atom stereocenters. The number of anilines is 2. The fraction of sp³-hybridized carbons (Fsp3) is 0.208. The number of hydrogen-bond donors (Lipinski definition) is 1. The van der Waals surface area contributed by atoms with Crippen molar-refractivity contribution < 1.29 is 28.5 Å². The van der Waals surface area contributed by atoms with Crippen molar-refractivity contribution in [1.29, 1.82) is 0 Å². The summed E-state index contributed by atoms with van der Waals surface area (Å²) in [5.74, 6) is 0.337. The van der Waals surface area contributed by atoms with E-state index in [0.717, 1.165) is 19.4 Å². The van der Waals surface area contributed by atoms with Gasteiger partial charge in [-0.15, -0.1) is 0 Å². The normalized spacial score (nSPS) is 15.4. The fourth-order valence-electron chi connectivity index (χ4n) is 3.54. The van der Waals surface area contributed by atoms with Crippen LogP contribution in [0.1, 0.15) is 23.3 Å². The molecule has 0 saturated carbocycles. The predicted octanol–water partition coefficient (Wildman–Crippen LogP) is 5.56. The highest BCUT2D eigenvalue weighted by atomic mass is 35.5. The SMILES string of the molecule is O=C(O)c1cc(Oc2ccc3oc(N(Cl)c4cccc(OCC5CCCO5)c4)nc3c2)ccn1. The molecule has 34 heavy (non-hydrogen) atoms. The molecule has 0 spiro atoms. The lowest BCUT2D eigenvalue weighted by atomic mass is 10.2. The largest absolute Gasteiger partial charge is 0.491 e. The minimum absolute atomic E-state index is 0.109. The number of nitrogens with zero attached hydrogens (tertiary/aromatic N) is 3. The molecule has 1 atom stereocenters. The number of oxazole rings is 1. The van der Waals surface area contributed by atoms with Gasteiger partial charge in [-0.3, -0.25) is 0 Å². The first-order valence-corrected chi connectivity index (χ1v) is 11.0. The molecule has 1 aliphatic heterocycles. The molecular formula is C24H20ClN3O6. The minimum Gasteiger partial charge on any atom is -0.491 e. The summed E-state index contributed by atoms with van der Waals surface area (Å²) >= 11 is 6.52. The van der Waals surface area contributed by atoms with Gasteiger partial charge >= 0.3 is 12.0 Å². The molecule has 2 aromatic carbocycles. The molecule has 1 aliphatic rings. The smallest absolute Gasteiger partial charge is 0.354 e. The third kappa shape index (κ3) is 4.90. The molecule has 0 amide bonds. The van der Waals surface area contributed by atoms with E-state index in [0.29, 0.717) is 40.6 Å². The summed E-state index contributed by atoms with van der Waals surface area (Å²) in [5.41, 5.74) is 1.56. The number of aromatic nitrogens is 2. The second-order valence-electron chi connectivity index (χ2n) is 7.63. The van der Waals surface area contributed by atoms with Crippen LogP contribution < -0.4 is 13.9 Å². The van der Waals surface area contributed by atoms with Crippen LogP contribution in [0.25, 0.3) is 11.1 Å². The van der Waals surface area contributed by atoms with Crippen molar-refractivity contribution in [2.75, 3.05) is 17.6 Å². The van der Waals surface area contributed by atoms with Crippen LogP contribution >= 0.6 is 11.8 Å². The maximum Gasteiger partial charge on any atom is 0.354 e. The van der Waals surface area contributed by atoms with Crippen molar-refractivity contribution >= 4 is 40.5 Å². The number of carboxylic acids is 1. The van der Waals surface area contributed by atoms with Crippen LogP contribution in [0.4, 0.5) is 11.7 Å². The molecule has 10 heteroatoms. The molecule has 5 rings (SSSR count). The summed E-state index contributed by atoms with van der Waals surface area (Å²) in [6, 6.07) is 15.5. The topological polar surface area (TPSA) is 107 Å². The standard InChI is InChI=1S/C24H20ClN3O6/c25-28(15-3-1-4-16(11-15)32-14-19-5-2-10-31-19)24-27-20-12-17(6-7-22(20)34-24)33-18-8-9-26-21(13-18)23(29)30/h1,3-4,6-9,11-13,19H,2,5,10,14H2,(H,29,30). The summed E-state index contributed by atoms with van der Waals surface area (Å²) in [4.78, 5) is 19.3. The fourth-order valence-corrected chi connectivity index (χ4v) is 3.72. The maximum absolute atomic E-state index is 11.1. The van der Waals surface area contributed by atoms with E-state index in [9.17, 15) is 4.79 Å². The number of ether oxygens (including phenoxy) is 3. The predicted molar refractivity (Wildman–Crippen MR) is 124 cm³/mol. The van der Waals surface area contributed by atoms with Crippen molar-refractivity contribution in [2.45, 2.75) is 18.9 Å². The van der Waals surface area contributed by atoms with Crippen LogP contribution in [0.15, 0.2) is 65.2 Å². The quantitative estimate of drug-likeness (QED) is 0.323. The van der Waals surface area contributed by atoms with Gasteiger partial charge in [0.05, 0.1) is 11.8 Å². The van der Waals surface area contributed by atoms with Crippen molar-refractivity contribution in [3.05, 3.63) is 66.5 Å². The lowest BCUT2D eigenvalue weighted by Gasteiger charge is -2.14. The Morgan fingerprint density at radius 2 is 2.03 bits per heavy atom. The lowest BCUT2D eigenvalue weighted by Crippen LogP contribution is -2.16. The molecule has 174 valence electrons. The number of halogens is 1. The molecule has 0 bridgehead atoms. The summed E-state index contributed by atoms with van der Waals surface area (Å²) in [7, 11) is 0. The first-order valence-electron chi connectivity index (χ1n) is 10.6. The summed E-state index contributed by atoms with van der Waals surface area (Å²) in [6.45, 7) is 1.27. The number of fused-ring (bicyclic) bond motifs is 1. The van der Waals surface area contributed by atoms with Crippen molar-refractivity contribution in [2.24, 2.45) is 0 Å². The number of rotatable bonds is 8. The lowest BCUT2D eigenvalue weighted by molar-refractivity contribution is 0.0679. The first-order chi connectivity index (χ1) is 16.5. The first kappa shape index (κ1) is 22.0. The van der Waals surface area contributed by atoms with Gasteiger partial charge in [0.1, 0.15) is 29.4 Å². The number of benzene rings is 2. The number of aromatic carboxylic acids is 1. The molecule has 4 aromatic rings. The van der Waals surface area contributed by atoms with Crippen LogP contribution in [0.3, 0.4) is 0 Å². The van der Waals surface area contributed by atoms with Gasteiger partial charge in [0.25, 0.3) is 0 Å². The van der Waals surface area contributed by atoms with Gasteiger partial charge in [-0.1, -0.05) is 6.07 Å². The maximum atomic E-state index is 11.1. The Morgan fingerprint density at radius 3 is 2.85 bits per heavy atom. The molecule has 3 heterocycles. The second kappa shape index (κ2) is 9.58. The molecule has 2 aromatic heterocycles. The van der Waals surface area contributed by atoms with Gasteiger partial charge in [0, 0.05) is 42.8 Å². The number of hydrogen-bond acceptors (Lipinski definition) is 8. The van der Waals surface area contributed by atoms with E-state index >= 15 is 0 Å². The average Bonchev–Trinajstić information content (AvgIpc) is 3.52. The molecule has 9 nitrogen and oxygen atoms in total. The van der Waals surface area contributed by atoms with Crippen LogP contribution in [0, 0.1) is 0 Å². The van der Waals surface area contributed by atoms with Crippen molar-refractivity contribution in [1.82, 2.24) is 9.97 Å². The van der Waals surface area contributed by atoms with Crippen molar-refractivity contribution in [3.8, 4) is 17.2 Å². The van der Waals surface area contributed by atoms with Gasteiger partial charge in [-0.05, 0) is 43.2 Å². The third-order valence-corrected chi connectivity index (χ3v) is 5.55. The van der Waals surface area contributed by atoms with E-state index in [-0.39, 0.29) is 17.8 Å². The average molecular weight is 482 g/mol. The van der Waals surface area contributed by atoms with Crippen LogP contribution in [0.5, 0.6) is 17.2 Å². The van der Waals surface area contributed by atoms with E-state index < -0.39 is 5.97 Å². The number of carbonyl (C=O) groups is 1. The molecule has 1 N–H and O–H groups in total. The summed E-state index contributed by atoms with van der Waals surface area (Å²) in [6.07, 6.45) is 3.54. The molecule has 1 saturated heterocycles. The number of pyridine rings is 1. The Labute approximate surface area is 199 Å². The summed E-state index contributed by atoms with van der Waals surface area (Å²) in [5, 5.41) is 9.09. The Hall–Kier alpha value is -3.82. The van der Waals surface area contributed by atoms with E-state index in [1.165, 1.54) is 16.7 Å². The van der Waals surface area contributed by atoms with E-state index in [2.05, 4.69) is 9.97 Å². The zero-order valence-electron chi connectivity index (χ0n) is 17.9. The van der Waals surface area contributed by atoms with E-state index in [1.54, 1.807) is 30.3 Å².